The maximum Gasteiger partial charge on any atom is 0.341 e. The Labute approximate surface area is 198 Å². The zero-order chi connectivity index (χ0) is 23.2. The standard InChI is InChI=1S/C23H20N4O4S2/c1-3-30-23(29)17-13-18(14-8-5-4-6-9-14)33-22(17)24-19(28)21-26-25-20(31-21)15-10-7-11-16(12-15)27-32-2/h4-13,27H,3H2,1-2H3,(H,24,28). The number of nitrogens with one attached hydrogen (secondary N) is 2. The molecule has 0 unspecified atom stereocenters. The molecule has 2 aromatic heterocycles. The second-order valence-electron chi connectivity index (χ2n) is 6.69. The van der Waals surface area contributed by atoms with Crippen LogP contribution in [0.1, 0.15) is 28.0 Å². The number of aromatic nitrogens is 2. The highest BCUT2D eigenvalue weighted by atomic mass is 32.2. The fourth-order valence-corrected chi connectivity index (χ4v) is 4.42. The van der Waals surface area contributed by atoms with Gasteiger partial charge in [-0.05, 0) is 36.8 Å². The van der Waals surface area contributed by atoms with E-state index in [1.807, 2.05) is 60.9 Å². The summed E-state index contributed by atoms with van der Waals surface area (Å²) in [6.07, 6.45) is 1.92. The van der Waals surface area contributed by atoms with Crippen LogP contribution in [0.3, 0.4) is 0 Å². The van der Waals surface area contributed by atoms with E-state index < -0.39 is 11.9 Å². The van der Waals surface area contributed by atoms with Crippen molar-refractivity contribution in [2.75, 3.05) is 22.9 Å². The van der Waals surface area contributed by atoms with Crippen molar-refractivity contribution in [2.24, 2.45) is 0 Å². The van der Waals surface area contributed by atoms with E-state index in [-0.39, 0.29) is 24.0 Å². The molecule has 4 rings (SSSR count). The number of anilines is 2. The van der Waals surface area contributed by atoms with E-state index in [1.54, 1.807) is 13.0 Å². The summed E-state index contributed by atoms with van der Waals surface area (Å²) in [5.74, 6) is -1.13. The number of benzene rings is 2. The molecule has 0 saturated heterocycles. The lowest BCUT2D eigenvalue weighted by Crippen LogP contribution is -2.14. The third-order valence-corrected chi connectivity index (χ3v) is 6.00. The van der Waals surface area contributed by atoms with Gasteiger partial charge in [0.25, 0.3) is 0 Å². The minimum atomic E-state index is -0.612. The number of thiophene rings is 1. The molecule has 0 atom stereocenters. The first kappa shape index (κ1) is 22.6. The molecule has 0 aliphatic carbocycles. The van der Waals surface area contributed by atoms with E-state index in [1.165, 1.54) is 23.3 Å². The Morgan fingerprint density at radius 1 is 1.06 bits per heavy atom. The van der Waals surface area contributed by atoms with Crippen molar-refractivity contribution in [3.63, 3.8) is 0 Å². The minimum absolute atomic E-state index is 0.210. The molecule has 33 heavy (non-hydrogen) atoms. The molecule has 8 nitrogen and oxygen atoms in total. The first-order valence-corrected chi connectivity index (χ1v) is 12.0. The van der Waals surface area contributed by atoms with Crippen molar-refractivity contribution in [3.05, 3.63) is 72.1 Å². The van der Waals surface area contributed by atoms with Crippen LogP contribution in [-0.2, 0) is 4.74 Å². The summed E-state index contributed by atoms with van der Waals surface area (Å²) >= 11 is 2.73. The SMILES string of the molecule is CCOC(=O)c1cc(-c2ccccc2)sc1NC(=O)c1nnc(-c2cccc(NSC)c2)o1. The molecule has 2 heterocycles. The van der Waals surface area contributed by atoms with Gasteiger partial charge >= 0.3 is 17.8 Å². The molecule has 2 N–H and O–H groups in total. The summed E-state index contributed by atoms with van der Waals surface area (Å²) in [5, 5.41) is 10.9. The van der Waals surface area contributed by atoms with Crippen LogP contribution in [0, 0.1) is 0 Å². The van der Waals surface area contributed by atoms with E-state index in [2.05, 4.69) is 20.2 Å². The molecular weight excluding hydrogens is 460 g/mol. The molecule has 1 amide bonds. The topological polar surface area (TPSA) is 106 Å². The van der Waals surface area contributed by atoms with Crippen molar-refractivity contribution in [1.82, 2.24) is 10.2 Å². The molecule has 0 fully saturated rings. The number of ether oxygens (including phenoxy) is 1. The molecule has 4 aromatic rings. The Bertz CT molecular complexity index is 1270. The maximum absolute atomic E-state index is 12.8. The van der Waals surface area contributed by atoms with E-state index in [4.69, 9.17) is 9.15 Å². The number of rotatable bonds is 8. The number of carbonyl (C=O) groups is 2. The highest BCUT2D eigenvalue weighted by Crippen LogP contribution is 2.36. The van der Waals surface area contributed by atoms with Crippen LogP contribution < -0.4 is 10.0 Å². The Hall–Kier alpha value is -3.63. The van der Waals surface area contributed by atoms with Gasteiger partial charge in [0, 0.05) is 22.4 Å². The van der Waals surface area contributed by atoms with Gasteiger partial charge in [0.2, 0.25) is 5.89 Å². The number of hydrogen-bond donors (Lipinski definition) is 2. The van der Waals surface area contributed by atoms with Crippen LogP contribution in [-0.4, -0.2) is 34.9 Å². The molecule has 168 valence electrons. The van der Waals surface area contributed by atoms with Crippen LogP contribution >= 0.6 is 23.3 Å². The Morgan fingerprint density at radius 3 is 2.61 bits per heavy atom. The largest absolute Gasteiger partial charge is 0.462 e. The molecule has 0 aliphatic heterocycles. The first-order valence-electron chi connectivity index (χ1n) is 9.99. The van der Waals surface area contributed by atoms with Crippen LogP contribution in [0.4, 0.5) is 10.7 Å². The van der Waals surface area contributed by atoms with E-state index in [9.17, 15) is 9.59 Å². The Balaban J connectivity index is 1.59. The molecule has 0 aliphatic rings. The highest BCUT2D eigenvalue weighted by molar-refractivity contribution is 7.99. The van der Waals surface area contributed by atoms with Crippen molar-refractivity contribution in [1.29, 1.82) is 0 Å². The van der Waals surface area contributed by atoms with Gasteiger partial charge in [-0.15, -0.1) is 21.5 Å². The van der Waals surface area contributed by atoms with Crippen molar-refractivity contribution in [3.8, 4) is 21.9 Å². The average Bonchev–Trinajstić information content (AvgIpc) is 3.48. The quantitative estimate of drug-likeness (QED) is 0.248. The van der Waals surface area contributed by atoms with Crippen molar-refractivity contribution < 1.29 is 18.7 Å². The van der Waals surface area contributed by atoms with E-state index >= 15 is 0 Å². The Kier molecular flexibility index (Phi) is 7.06. The monoisotopic (exact) mass is 480 g/mol. The average molecular weight is 481 g/mol. The normalized spacial score (nSPS) is 10.6. The van der Waals surface area contributed by atoms with Gasteiger partial charge in [0.1, 0.15) is 5.00 Å². The van der Waals surface area contributed by atoms with E-state index in [0.717, 1.165) is 16.1 Å². The van der Waals surface area contributed by atoms with Gasteiger partial charge in [-0.1, -0.05) is 48.3 Å². The maximum atomic E-state index is 12.8. The van der Waals surface area contributed by atoms with Crippen LogP contribution in [0.5, 0.6) is 0 Å². The van der Waals surface area contributed by atoms with Gasteiger partial charge in [0.05, 0.1) is 12.2 Å². The fourth-order valence-electron chi connectivity index (χ4n) is 3.01. The summed E-state index contributed by atoms with van der Waals surface area (Å²) in [6.45, 7) is 1.95. The second-order valence-corrected chi connectivity index (χ2v) is 8.36. The van der Waals surface area contributed by atoms with Gasteiger partial charge in [-0.3, -0.25) is 4.79 Å². The lowest BCUT2D eigenvalue weighted by molar-refractivity contribution is 0.0528. The zero-order valence-electron chi connectivity index (χ0n) is 17.8. The predicted octanol–water partition coefficient (Wildman–Crippen LogP) is 5.58. The van der Waals surface area contributed by atoms with Gasteiger partial charge < -0.3 is 19.2 Å². The predicted molar refractivity (Wildman–Crippen MR) is 131 cm³/mol. The molecule has 0 spiro atoms. The number of hydrogen-bond acceptors (Lipinski definition) is 9. The third kappa shape index (κ3) is 5.24. The number of esters is 1. The molecule has 10 heteroatoms. The third-order valence-electron chi connectivity index (χ3n) is 4.46. The lowest BCUT2D eigenvalue weighted by atomic mass is 10.1. The molecule has 0 saturated carbocycles. The molecule has 2 aromatic carbocycles. The van der Waals surface area contributed by atoms with Crippen LogP contribution in [0.2, 0.25) is 0 Å². The van der Waals surface area contributed by atoms with Crippen molar-refractivity contribution >= 4 is 45.8 Å². The van der Waals surface area contributed by atoms with Crippen molar-refractivity contribution in [2.45, 2.75) is 6.92 Å². The summed E-state index contributed by atoms with van der Waals surface area (Å²) in [6, 6.07) is 18.7. The number of amides is 1. The Morgan fingerprint density at radius 2 is 1.85 bits per heavy atom. The van der Waals surface area contributed by atoms with Gasteiger partial charge in [0.15, 0.2) is 0 Å². The zero-order valence-corrected chi connectivity index (χ0v) is 19.5. The highest BCUT2D eigenvalue weighted by Gasteiger charge is 2.23. The van der Waals surface area contributed by atoms with Gasteiger partial charge in [-0.2, -0.15) is 0 Å². The number of carbonyl (C=O) groups excluding carboxylic acids is 2. The smallest absolute Gasteiger partial charge is 0.341 e. The fraction of sp³-hybridized carbons (Fsp3) is 0.130. The summed E-state index contributed by atoms with van der Waals surface area (Å²) in [5.41, 5.74) is 2.74. The number of nitrogens with zero attached hydrogens (tertiary/aromatic N) is 2. The lowest BCUT2D eigenvalue weighted by Gasteiger charge is -2.04. The molecule has 0 bridgehead atoms. The van der Waals surface area contributed by atoms with Gasteiger partial charge in [-0.25, -0.2) is 4.79 Å². The van der Waals surface area contributed by atoms with Crippen LogP contribution in [0.15, 0.2) is 65.1 Å². The summed E-state index contributed by atoms with van der Waals surface area (Å²) in [4.78, 5) is 26.1. The summed E-state index contributed by atoms with van der Waals surface area (Å²) < 4.78 is 13.9. The molecule has 0 radical (unpaired) electrons. The van der Waals surface area contributed by atoms with E-state index in [0.29, 0.717) is 10.6 Å². The van der Waals surface area contributed by atoms with Crippen LogP contribution in [0.25, 0.3) is 21.9 Å². The molecular formula is C23H20N4O4S2. The second kappa shape index (κ2) is 10.3. The minimum Gasteiger partial charge on any atom is -0.462 e. The summed E-state index contributed by atoms with van der Waals surface area (Å²) in [7, 11) is 0. The first-order chi connectivity index (χ1) is 16.1.